The van der Waals surface area contributed by atoms with Crippen molar-refractivity contribution in [2.24, 2.45) is 7.05 Å². The lowest BCUT2D eigenvalue weighted by molar-refractivity contribution is 0.273. The molecule has 0 saturated carbocycles. The third-order valence-corrected chi connectivity index (χ3v) is 3.62. The Labute approximate surface area is 125 Å². The highest BCUT2D eigenvalue weighted by atomic mass is 35.5. The monoisotopic (exact) mass is 320 g/mol. The fourth-order valence-electron chi connectivity index (χ4n) is 1.81. The number of hydrogen-bond acceptors (Lipinski definition) is 2. The molecular weight excluding hydrogens is 309 g/mol. The van der Waals surface area contributed by atoms with Gasteiger partial charge in [-0.05, 0) is 24.6 Å². The van der Waals surface area contributed by atoms with Gasteiger partial charge in [-0.15, -0.1) is 11.6 Å². The van der Waals surface area contributed by atoms with Crippen LogP contribution >= 0.6 is 23.2 Å². The lowest BCUT2D eigenvalue weighted by atomic mass is 10.2. The highest BCUT2D eigenvalue weighted by Gasteiger charge is 2.16. The molecule has 0 amide bonds. The zero-order valence-corrected chi connectivity index (χ0v) is 12.4. The number of aryl methyl sites for hydroxylation is 2. The van der Waals surface area contributed by atoms with E-state index in [9.17, 15) is 8.78 Å². The van der Waals surface area contributed by atoms with Gasteiger partial charge in [-0.1, -0.05) is 11.6 Å². The second kappa shape index (κ2) is 5.97. The molecule has 0 atom stereocenters. The number of benzene rings is 1. The standard InChI is InChI=1S/C13H12Cl2F2N2O/c1-7-9(13(15)19(2)18-7)6-20-12-10(16)3-8(5-14)4-11(12)17/h3-4H,5-6H2,1-2H3. The zero-order valence-electron chi connectivity index (χ0n) is 10.9. The lowest BCUT2D eigenvalue weighted by Crippen LogP contribution is -2.02. The van der Waals surface area contributed by atoms with Crippen LogP contribution in [0.5, 0.6) is 5.75 Å². The minimum absolute atomic E-state index is 0.0294. The van der Waals surface area contributed by atoms with Gasteiger partial charge in [-0.2, -0.15) is 5.10 Å². The average molecular weight is 321 g/mol. The van der Waals surface area contributed by atoms with Crippen LogP contribution in [0.3, 0.4) is 0 Å². The van der Waals surface area contributed by atoms with Gasteiger partial charge in [0.15, 0.2) is 17.4 Å². The first-order valence-electron chi connectivity index (χ1n) is 5.78. The van der Waals surface area contributed by atoms with E-state index in [4.69, 9.17) is 27.9 Å². The highest BCUT2D eigenvalue weighted by Crippen LogP contribution is 2.27. The molecule has 1 heterocycles. The Kier molecular flexibility index (Phi) is 4.50. The molecule has 0 aliphatic carbocycles. The van der Waals surface area contributed by atoms with Crippen LogP contribution in [0.15, 0.2) is 12.1 Å². The molecule has 0 spiro atoms. The molecule has 0 fully saturated rings. The maximum absolute atomic E-state index is 13.7. The molecular formula is C13H12Cl2F2N2O. The van der Waals surface area contributed by atoms with Gasteiger partial charge in [0.2, 0.25) is 0 Å². The number of aromatic nitrogens is 2. The summed E-state index contributed by atoms with van der Waals surface area (Å²) in [5.41, 5.74) is 1.59. The van der Waals surface area contributed by atoms with Crippen molar-refractivity contribution < 1.29 is 13.5 Å². The van der Waals surface area contributed by atoms with Gasteiger partial charge in [-0.3, -0.25) is 4.68 Å². The molecule has 0 saturated heterocycles. The predicted molar refractivity (Wildman–Crippen MR) is 73.2 cm³/mol. The first-order valence-corrected chi connectivity index (χ1v) is 6.70. The summed E-state index contributed by atoms with van der Waals surface area (Å²) in [4.78, 5) is 0. The number of halogens is 4. The quantitative estimate of drug-likeness (QED) is 0.797. The molecule has 0 aliphatic heterocycles. The highest BCUT2D eigenvalue weighted by molar-refractivity contribution is 6.30. The van der Waals surface area contributed by atoms with Gasteiger partial charge in [0.1, 0.15) is 11.8 Å². The smallest absolute Gasteiger partial charge is 0.191 e. The lowest BCUT2D eigenvalue weighted by Gasteiger charge is -2.09. The third-order valence-electron chi connectivity index (χ3n) is 2.84. The van der Waals surface area contributed by atoms with Gasteiger partial charge >= 0.3 is 0 Å². The minimum atomic E-state index is -0.793. The van der Waals surface area contributed by atoms with Crippen molar-refractivity contribution >= 4 is 23.2 Å². The Bertz CT molecular complexity index is 621. The SMILES string of the molecule is Cc1nn(C)c(Cl)c1COc1c(F)cc(CCl)cc1F. The third kappa shape index (κ3) is 2.88. The van der Waals surface area contributed by atoms with Gasteiger partial charge in [0, 0.05) is 18.5 Å². The van der Waals surface area contributed by atoms with E-state index in [0.29, 0.717) is 22.0 Å². The first kappa shape index (κ1) is 15.1. The molecule has 3 nitrogen and oxygen atoms in total. The molecule has 0 bridgehead atoms. The molecule has 1 aromatic carbocycles. The summed E-state index contributed by atoms with van der Waals surface area (Å²) in [6.45, 7) is 1.68. The number of nitrogens with zero attached hydrogens (tertiary/aromatic N) is 2. The van der Waals surface area contributed by atoms with Crippen molar-refractivity contribution in [1.29, 1.82) is 0 Å². The van der Waals surface area contributed by atoms with E-state index in [0.717, 1.165) is 12.1 Å². The second-order valence-corrected chi connectivity index (χ2v) is 4.91. The first-order chi connectivity index (χ1) is 9.43. The van der Waals surface area contributed by atoms with Crippen molar-refractivity contribution in [1.82, 2.24) is 9.78 Å². The Morgan fingerprint density at radius 3 is 2.35 bits per heavy atom. The maximum atomic E-state index is 13.7. The van der Waals surface area contributed by atoms with E-state index in [1.807, 2.05) is 0 Å². The van der Waals surface area contributed by atoms with Crippen molar-refractivity contribution in [3.63, 3.8) is 0 Å². The second-order valence-electron chi connectivity index (χ2n) is 4.29. The number of hydrogen-bond donors (Lipinski definition) is 0. The average Bonchev–Trinajstić information content (AvgIpc) is 2.63. The molecule has 2 rings (SSSR count). The summed E-state index contributed by atoms with van der Waals surface area (Å²) < 4.78 is 34.1. The molecule has 20 heavy (non-hydrogen) atoms. The molecule has 0 aliphatic rings. The maximum Gasteiger partial charge on any atom is 0.191 e. The van der Waals surface area contributed by atoms with Crippen LogP contribution in [-0.4, -0.2) is 9.78 Å². The van der Waals surface area contributed by atoms with Gasteiger partial charge in [0.25, 0.3) is 0 Å². The van der Waals surface area contributed by atoms with Crippen molar-refractivity contribution in [2.45, 2.75) is 19.4 Å². The summed E-state index contributed by atoms with van der Waals surface area (Å²) in [6.07, 6.45) is 0. The summed E-state index contributed by atoms with van der Waals surface area (Å²) in [7, 11) is 1.68. The number of ether oxygens (including phenoxy) is 1. The number of alkyl halides is 1. The van der Waals surface area contributed by atoms with E-state index in [2.05, 4.69) is 5.10 Å². The van der Waals surface area contributed by atoms with Gasteiger partial charge in [-0.25, -0.2) is 8.78 Å². The molecule has 0 unspecified atom stereocenters. The Morgan fingerprint density at radius 1 is 1.30 bits per heavy atom. The summed E-state index contributed by atoms with van der Waals surface area (Å²) in [5, 5.41) is 4.47. The summed E-state index contributed by atoms with van der Waals surface area (Å²) in [5.74, 6) is -2.00. The van der Waals surface area contributed by atoms with Crippen LogP contribution in [0.1, 0.15) is 16.8 Å². The summed E-state index contributed by atoms with van der Waals surface area (Å²) in [6, 6.07) is 2.28. The van der Waals surface area contributed by atoms with Gasteiger partial charge < -0.3 is 4.74 Å². The van der Waals surface area contributed by atoms with Gasteiger partial charge in [0.05, 0.1) is 5.69 Å². The molecule has 0 radical (unpaired) electrons. The largest absolute Gasteiger partial charge is 0.483 e. The molecule has 1 aromatic heterocycles. The van der Waals surface area contributed by atoms with E-state index in [1.54, 1.807) is 14.0 Å². The topological polar surface area (TPSA) is 27.1 Å². The minimum Gasteiger partial charge on any atom is -0.483 e. The Balaban J connectivity index is 2.23. The van der Waals surface area contributed by atoms with Crippen molar-refractivity contribution in [2.75, 3.05) is 0 Å². The molecule has 108 valence electrons. The van der Waals surface area contributed by atoms with Crippen molar-refractivity contribution in [3.05, 3.63) is 45.7 Å². The predicted octanol–water partition coefficient (Wildman–Crippen LogP) is 3.98. The van der Waals surface area contributed by atoms with Crippen LogP contribution in [0.4, 0.5) is 8.78 Å². The van der Waals surface area contributed by atoms with Crippen LogP contribution in [-0.2, 0) is 19.5 Å². The molecule has 2 aromatic rings. The van der Waals surface area contributed by atoms with E-state index in [-0.39, 0.29) is 12.5 Å². The van der Waals surface area contributed by atoms with Crippen LogP contribution in [0.2, 0.25) is 5.15 Å². The van der Waals surface area contributed by atoms with Crippen LogP contribution in [0, 0.1) is 18.6 Å². The molecule has 7 heteroatoms. The summed E-state index contributed by atoms with van der Waals surface area (Å²) >= 11 is 11.6. The molecule has 0 N–H and O–H groups in total. The van der Waals surface area contributed by atoms with Crippen LogP contribution < -0.4 is 4.74 Å². The van der Waals surface area contributed by atoms with Crippen molar-refractivity contribution in [3.8, 4) is 5.75 Å². The van der Waals surface area contributed by atoms with Crippen LogP contribution in [0.25, 0.3) is 0 Å². The van der Waals surface area contributed by atoms with E-state index < -0.39 is 17.4 Å². The fourth-order valence-corrected chi connectivity index (χ4v) is 2.19. The van der Waals surface area contributed by atoms with E-state index in [1.165, 1.54) is 4.68 Å². The number of rotatable bonds is 4. The Morgan fingerprint density at radius 2 is 1.90 bits per heavy atom. The fraction of sp³-hybridized carbons (Fsp3) is 0.308. The normalized spacial score (nSPS) is 10.9. The van der Waals surface area contributed by atoms with E-state index >= 15 is 0 Å². The zero-order chi connectivity index (χ0) is 14.9. The Hall–Kier alpha value is -1.33.